The number of nitrogens with one attached hydrogen (secondary N) is 2. The highest BCUT2D eigenvalue weighted by Crippen LogP contribution is 2.20. The zero-order chi connectivity index (χ0) is 17.7. The third-order valence-corrected chi connectivity index (χ3v) is 4.27. The topological polar surface area (TPSA) is 76.7 Å². The van der Waals surface area contributed by atoms with Crippen LogP contribution >= 0.6 is 0 Å². The summed E-state index contributed by atoms with van der Waals surface area (Å²) in [6, 6.07) is 0. The largest absolute Gasteiger partial charge is 0.444 e. The lowest BCUT2D eigenvalue weighted by Crippen LogP contribution is -2.58. The van der Waals surface area contributed by atoms with Crippen LogP contribution < -0.4 is 10.6 Å². The molecule has 1 fully saturated rings. The summed E-state index contributed by atoms with van der Waals surface area (Å²) in [6.07, 6.45) is 1.03. The van der Waals surface area contributed by atoms with Crippen molar-refractivity contribution in [3.8, 4) is 0 Å². The van der Waals surface area contributed by atoms with Crippen LogP contribution in [0.2, 0.25) is 0 Å². The standard InChI is InChI=1S/C17H32N2O4/c1-12(2)17(6,11-18-15(21)23-16(3,4)5)19-14(20)13-7-9-22-10-8-13/h12-13H,7-11H2,1-6H3,(H,18,21)(H,19,20). The highest BCUT2D eigenvalue weighted by atomic mass is 16.6. The van der Waals surface area contributed by atoms with E-state index in [2.05, 4.69) is 10.6 Å². The summed E-state index contributed by atoms with van der Waals surface area (Å²) in [5.74, 6) is 0.195. The summed E-state index contributed by atoms with van der Waals surface area (Å²) in [4.78, 5) is 24.3. The summed E-state index contributed by atoms with van der Waals surface area (Å²) >= 11 is 0. The van der Waals surface area contributed by atoms with Gasteiger partial charge in [-0.05, 0) is 46.5 Å². The van der Waals surface area contributed by atoms with Crippen LogP contribution in [0.5, 0.6) is 0 Å². The van der Waals surface area contributed by atoms with Crippen molar-refractivity contribution in [2.75, 3.05) is 19.8 Å². The van der Waals surface area contributed by atoms with Crippen LogP contribution in [0.3, 0.4) is 0 Å². The van der Waals surface area contributed by atoms with Crippen molar-refractivity contribution >= 4 is 12.0 Å². The van der Waals surface area contributed by atoms with Gasteiger partial charge in [-0.1, -0.05) is 13.8 Å². The normalized spacial score (nSPS) is 19.1. The van der Waals surface area contributed by atoms with Gasteiger partial charge in [0.25, 0.3) is 0 Å². The molecule has 1 saturated heterocycles. The summed E-state index contributed by atoms with van der Waals surface area (Å²) in [6.45, 7) is 13.1. The minimum absolute atomic E-state index is 0.0108. The van der Waals surface area contributed by atoms with Gasteiger partial charge in [0.05, 0.1) is 5.54 Å². The van der Waals surface area contributed by atoms with Gasteiger partial charge in [-0.2, -0.15) is 0 Å². The lowest BCUT2D eigenvalue weighted by Gasteiger charge is -2.37. The third kappa shape index (κ3) is 6.77. The van der Waals surface area contributed by atoms with Gasteiger partial charge in [0.15, 0.2) is 0 Å². The quantitative estimate of drug-likeness (QED) is 0.813. The minimum Gasteiger partial charge on any atom is -0.444 e. The van der Waals surface area contributed by atoms with Crippen LogP contribution in [-0.4, -0.2) is 42.9 Å². The second kappa shape index (κ2) is 7.99. The zero-order valence-corrected chi connectivity index (χ0v) is 15.3. The van der Waals surface area contributed by atoms with Crippen LogP contribution in [0.1, 0.15) is 54.4 Å². The molecule has 0 spiro atoms. The fourth-order valence-corrected chi connectivity index (χ4v) is 2.31. The lowest BCUT2D eigenvalue weighted by molar-refractivity contribution is -0.130. The maximum absolute atomic E-state index is 12.5. The van der Waals surface area contributed by atoms with Crippen LogP contribution in [0.25, 0.3) is 0 Å². The van der Waals surface area contributed by atoms with Crippen LogP contribution in [0, 0.1) is 11.8 Å². The Kier molecular flexibility index (Phi) is 6.86. The van der Waals surface area contributed by atoms with E-state index in [-0.39, 0.29) is 17.7 Å². The Bertz CT molecular complexity index is 411. The lowest BCUT2D eigenvalue weighted by atomic mass is 9.87. The van der Waals surface area contributed by atoms with E-state index in [0.29, 0.717) is 19.8 Å². The number of carbonyl (C=O) groups excluding carboxylic acids is 2. The number of rotatable bonds is 5. The van der Waals surface area contributed by atoms with Crippen molar-refractivity contribution in [1.29, 1.82) is 0 Å². The van der Waals surface area contributed by atoms with Gasteiger partial charge in [0, 0.05) is 25.7 Å². The average Bonchev–Trinajstić information content (AvgIpc) is 2.44. The number of amides is 2. The van der Waals surface area contributed by atoms with E-state index in [1.165, 1.54) is 0 Å². The second-order valence-corrected chi connectivity index (χ2v) is 7.80. The molecule has 6 nitrogen and oxygen atoms in total. The minimum atomic E-state index is -0.538. The first kappa shape index (κ1) is 19.7. The molecule has 1 rings (SSSR count). The van der Waals surface area contributed by atoms with Crippen molar-refractivity contribution in [2.24, 2.45) is 11.8 Å². The molecule has 1 aliphatic rings. The van der Waals surface area contributed by atoms with Crippen molar-refractivity contribution in [1.82, 2.24) is 10.6 Å². The molecule has 0 aliphatic carbocycles. The first-order valence-corrected chi connectivity index (χ1v) is 8.40. The molecule has 1 aliphatic heterocycles. The summed E-state index contributed by atoms with van der Waals surface area (Å²) in [5.41, 5.74) is -1.06. The molecule has 1 atom stereocenters. The van der Waals surface area contributed by atoms with Gasteiger partial charge in [-0.15, -0.1) is 0 Å². The molecule has 0 aromatic heterocycles. The average molecular weight is 328 g/mol. The first-order chi connectivity index (χ1) is 10.5. The predicted molar refractivity (Wildman–Crippen MR) is 89.2 cm³/mol. The highest BCUT2D eigenvalue weighted by Gasteiger charge is 2.34. The zero-order valence-electron chi connectivity index (χ0n) is 15.3. The van der Waals surface area contributed by atoms with E-state index >= 15 is 0 Å². The molecule has 23 heavy (non-hydrogen) atoms. The van der Waals surface area contributed by atoms with Crippen LogP contribution in [0.4, 0.5) is 4.79 Å². The number of carbonyl (C=O) groups is 2. The van der Waals surface area contributed by atoms with E-state index < -0.39 is 17.2 Å². The molecule has 134 valence electrons. The number of alkyl carbamates (subject to hydrolysis) is 1. The third-order valence-electron chi connectivity index (χ3n) is 4.27. The fraction of sp³-hybridized carbons (Fsp3) is 0.882. The molecule has 0 bridgehead atoms. The number of hydrogen-bond donors (Lipinski definition) is 2. The molecule has 0 aromatic rings. The van der Waals surface area contributed by atoms with E-state index in [1.54, 1.807) is 0 Å². The summed E-state index contributed by atoms with van der Waals surface area (Å²) < 4.78 is 10.6. The van der Waals surface area contributed by atoms with Gasteiger partial charge < -0.3 is 20.1 Å². The highest BCUT2D eigenvalue weighted by molar-refractivity contribution is 5.79. The molecule has 2 N–H and O–H groups in total. The smallest absolute Gasteiger partial charge is 0.407 e. The van der Waals surface area contributed by atoms with Gasteiger partial charge in [0.1, 0.15) is 5.60 Å². The van der Waals surface area contributed by atoms with E-state index in [4.69, 9.17) is 9.47 Å². The Balaban J connectivity index is 2.60. The Morgan fingerprint density at radius 2 is 1.74 bits per heavy atom. The Labute approximate surface area is 139 Å². The molecule has 1 unspecified atom stereocenters. The van der Waals surface area contributed by atoms with Gasteiger partial charge in [-0.25, -0.2) is 4.79 Å². The second-order valence-electron chi connectivity index (χ2n) is 7.80. The van der Waals surface area contributed by atoms with Crippen molar-refractivity contribution in [3.05, 3.63) is 0 Å². The van der Waals surface area contributed by atoms with E-state index in [1.807, 2.05) is 41.5 Å². The predicted octanol–water partition coefficient (Wildman–Crippen LogP) is 2.47. The van der Waals surface area contributed by atoms with Gasteiger partial charge in [0.2, 0.25) is 5.91 Å². The Hall–Kier alpha value is -1.30. The molecular weight excluding hydrogens is 296 g/mol. The van der Waals surface area contributed by atoms with Crippen molar-refractivity contribution in [2.45, 2.75) is 65.5 Å². The van der Waals surface area contributed by atoms with Gasteiger partial charge >= 0.3 is 6.09 Å². The number of hydrogen-bond acceptors (Lipinski definition) is 4. The molecule has 1 heterocycles. The summed E-state index contributed by atoms with van der Waals surface area (Å²) in [7, 11) is 0. The maximum Gasteiger partial charge on any atom is 0.407 e. The monoisotopic (exact) mass is 328 g/mol. The van der Waals surface area contributed by atoms with Crippen molar-refractivity contribution in [3.63, 3.8) is 0 Å². The summed E-state index contributed by atoms with van der Waals surface area (Å²) in [5, 5.41) is 5.88. The molecule has 6 heteroatoms. The molecule has 2 amide bonds. The molecule has 0 saturated carbocycles. The molecule has 0 radical (unpaired) electrons. The fourth-order valence-electron chi connectivity index (χ4n) is 2.31. The van der Waals surface area contributed by atoms with E-state index in [0.717, 1.165) is 12.8 Å². The van der Waals surface area contributed by atoms with Gasteiger partial charge in [-0.3, -0.25) is 4.79 Å². The van der Waals surface area contributed by atoms with Crippen molar-refractivity contribution < 1.29 is 19.1 Å². The molecular formula is C17H32N2O4. The Morgan fingerprint density at radius 3 is 2.22 bits per heavy atom. The maximum atomic E-state index is 12.5. The first-order valence-electron chi connectivity index (χ1n) is 8.40. The SMILES string of the molecule is CC(C)C(C)(CNC(=O)OC(C)(C)C)NC(=O)C1CCOCC1. The van der Waals surface area contributed by atoms with Crippen LogP contribution in [0.15, 0.2) is 0 Å². The van der Waals surface area contributed by atoms with Crippen LogP contribution in [-0.2, 0) is 14.3 Å². The number of ether oxygens (including phenoxy) is 2. The van der Waals surface area contributed by atoms with E-state index in [9.17, 15) is 9.59 Å². The molecule has 0 aromatic carbocycles. The Morgan fingerprint density at radius 1 is 1.17 bits per heavy atom.